The number of hydrogen-bond acceptors (Lipinski definition) is 2. The van der Waals surface area contributed by atoms with Gasteiger partial charge in [0.25, 0.3) is 0 Å². The Kier molecular flexibility index (Phi) is 3.77. The Balaban J connectivity index is 2.81. The molecular formula is C18H26N2. The number of hydrogen-bond donors (Lipinski definition) is 0. The van der Waals surface area contributed by atoms with Crippen molar-refractivity contribution < 1.29 is 0 Å². The standard InChI is InChI=1S/C18H26N2/c1-7-17(4)15-13-11-10-12-14(15)16(20(5)6)19-18(17,8-2)9-3/h8,10-13H,2,7,9H2,1,3-6H3. The summed E-state index contributed by atoms with van der Waals surface area (Å²) >= 11 is 0. The van der Waals surface area contributed by atoms with Gasteiger partial charge in [-0.15, -0.1) is 6.58 Å². The second-order valence-electron chi connectivity index (χ2n) is 6.04. The highest BCUT2D eigenvalue weighted by Gasteiger charge is 2.49. The van der Waals surface area contributed by atoms with Crippen LogP contribution >= 0.6 is 0 Å². The number of aliphatic imine (C=N–C) groups is 1. The van der Waals surface area contributed by atoms with Gasteiger partial charge in [-0.25, -0.2) is 0 Å². The quantitative estimate of drug-likeness (QED) is 0.758. The highest BCUT2D eigenvalue weighted by atomic mass is 15.2. The van der Waals surface area contributed by atoms with E-state index in [0.717, 1.165) is 18.7 Å². The van der Waals surface area contributed by atoms with E-state index in [4.69, 9.17) is 4.99 Å². The minimum Gasteiger partial charge on any atom is -0.363 e. The van der Waals surface area contributed by atoms with Crippen molar-refractivity contribution in [1.29, 1.82) is 0 Å². The molecule has 2 unspecified atom stereocenters. The average molecular weight is 270 g/mol. The highest BCUT2D eigenvalue weighted by molar-refractivity contribution is 6.01. The fraction of sp³-hybridized carbons (Fsp3) is 0.500. The largest absolute Gasteiger partial charge is 0.363 e. The van der Waals surface area contributed by atoms with Crippen LogP contribution < -0.4 is 0 Å². The predicted octanol–water partition coefficient (Wildman–Crippen LogP) is 4.01. The first-order valence-electron chi connectivity index (χ1n) is 7.46. The van der Waals surface area contributed by atoms with Crippen LogP contribution in [-0.2, 0) is 5.41 Å². The van der Waals surface area contributed by atoms with E-state index in [1.165, 1.54) is 11.1 Å². The van der Waals surface area contributed by atoms with Gasteiger partial charge in [-0.2, -0.15) is 0 Å². The third kappa shape index (κ3) is 1.81. The molecule has 1 aliphatic heterocycles. The molecule has 0 bridgehead atoms. The van der Waals surface area contributed by atoms with Gasteiger partial charge in [0.05, 0.1) is 5.54 Å². The number of benzene rings is 1. The van der Waals surface area contributed by atoms with Crippen molar-refractivity contribution >= 4 is 5.84 Å². The number of fused-ring (bicyclic) bond motifs is 1. The fourth-order valence-corrected chi connectivity index (χ4v) is 3.49. The van der Waals surface area contributed by atoms with Gasteiger partial charge in [0.2, 0.25) is 0 Å². The third-order valence-corrected chi connectivity index (χ3v) is 5.03. The minimum absolute atomic E-state index is 0.000394. The van der Waals surface area contributed by atoms with Gasteiger partial charge >= 0.3 is 0 Å². The van der Waals surface area contributed by atoms with E-state index in [2.05, 4.69) is 76.7 Å². The molecule has 1 aliphatic rings. The smallest absolute Gasteiger partial charge is 0.131 e. The maximum absolute atomic E-state index is 5.14. The molecule has 2 rings (SSSR count). The summed E-state index contributed by atoms with van der Waals surface area (Å²) in [7, 11) is 4.13. The second kappa shape index (κ2) is 5.08. The molecule has 0 N–H and O–H groups in total. The molecule has 0 aliphatic carbocycles. The average Bonchev–Trinajstić information content (AvgIpc) is 2.48. The molecule has 2 heteroatoms. The summed E-state index contributed by atoms with van der Waals surface area (Å²) in [5, 5.41) is 0. The Morgan fingerprint density at radius 3 is 2.35 bits per heavy atom. The molecule has 0 saturated carbocycles. The maximum Gasteiger partial charge on any atom is 0.131 e. The summed E-state index contributed by atoms with van der Waals surface area (Å²) < 4.78 is 0. The molecule has 1 aromatic carbocycles. The molecule has 0 spiro atoms. The molecule has 1 heterocycles. The molecule has 2 atom stereocenters. The minimum atomic E-state index is -0.226. The Hall–Kier alpha value is -1.57. The Morgan fingerprint density at radius 1 is 1.20 bits per heavy atom. The lowest BCUT2D eigenvalue weighted by Crippen LogP contribution is -2.51. The molecule has 0 radical (unpaired) electrons. The summed E-state index contributed by atoms with van der Waals surface area (Å²) in [6, 6.07) is 8.67. The summed E-state index contributed by atoms with van der Waals surface area (Å²) in [6.45, 7) is 10.9. The topological polar surface area (TPSA) is 15.6 Å². The van der Waals surface area contributed by atoms with Gasteiger partial charge in [-0.05, 0) is 18.4 Å². The fourth-order valence-electron chi connectivity index (χ4n) is 3.49. The lowest BCUT2D eigenvalue weighted by atomic mass is 9.61. The zero-order valence-electron chi connectivity index (χ0n) is 13.4. The van der Waals surface area contributed by atoms with Crippen molar-refractivity contribution in [3.05, 3.63) is 48.0 Å². The summed E-state index contributed by atoms with van der Waals surface area (Å²) in [4.78, 5) is 7.25. The van der Waals surface area contributed by atoms with Crippen molar-refractivity contribution in [3.8, 4) is 0 Å². The number of nitrogens with zero attached hydrogens (tertiary/aromatic N) is 2. The van der Waals surface area contributed by atoms with Crippen LogP contribution in [-0.4, -0.2) is 30.4 Å². The molecule has 108 valence electrons. The monoisotopic (exact) mass is 270 g/mol. The van der Waals surface area contributed by atoms with Crippen LogP contribution in [0.4, 0.5) is 0 Å². The Morgan fingerprint density at radius 2 is 1.85 bits per heavy atom. The molecule has 1 aromatic rings. The van der Waals surface area contributed by atoms with Crippen LogP contribution in [0.2, 0.25) is 0 Å². The predicted molar refractivity (Wildman–Crippen MR) is 87.5 cm³/mol. The van der Waals surface area contributed by atoms with Crippen molar-refractivity contribution in [2.24, 2.45) is 4.99 Å². The van der Waals surface area contributed by atoms with Gasteiger partial charge in [-0.3, -0.25) is 4.99 Å². The van der Waals surface area contributed by atoms with E-state index in [0.29, 0.717) is 0 Å². The lowest BCUT2D eigenvalue weighted by molar-refractivity contribution is 0.267. The first-order chi connectivity index (χ1) is 9.45. The van der Waals surface area contributed by atoms with Crippen LogP contribution in [0.1, 0.15) is 44.7 Å². The van der Waals surface area contributed by atoms with Crippen LogP contribution in [0.15, 0.2) is 41.9 Å². The Labute approximate surface area is 123 Å². The molecule has 0 aromatic heterocycles. The van der Waals surface area contributed by atoms with Crippen LogP contribution in [0, 0.1) is 0 Å². The van der Waals surface area contributed by atoms with Crippen LogP contribution in [0.3, 0.4) is 0 Å². The maximum atomic E-state index is 5.14. The lowest BCUT2D eigenvalue weighted by Gasteiger charge is -2.49. The van der Waals surface area contributed by atoms with Gasteiger partial charge < -0.3 is 4.90 Å². The highest BCUT2D eigenvalue weighted by Crippen LogP contribution is 2.48. The Bertz CT molecular complexity index is 544. The van der Waals surface area contributed by atoms with E-state index in [1.54, 1.807) is 0 Å². The summed E-state index contributed by atoms with van der Waals surface area (Å²) in [5.74, 6) is 1.06. The first-order valence-corrected chi connectivity index (χ1v) is 7.46. The van der Waals surface area contributed by atoms with E-state index in [1.807, 2.05) is 0 Å². The van der Waals surface area contributed by atoms with Gasteiger partial charge in [-0.1, -0.05) is 51.1 Å². The van der Waals surface area contributed by atoms with Crippen LogP contribution in [0.25, 0.3) is 0 Å². The third-order valence-electron chi connectivity index (χ3n) is 5.03. The van der Waals surface area contributed by atoms with Gasteiger partial charge in [0.1, 0.15) is 5.84 Å². The van der Waals surface area contributed by atoms with E-state index in [9.17, 15) is 0 Å². The molecule has 0 amide bonds. The van der Waals surface area contributed by atoms with Gasteiger partial charge in [0.15, 0.2) is 0 Å². The molecule has 2 nitrogen and oxygen atoms in total. The number of amidine groups is 1. The SMILES string of the molecule is C=CC1(CC)N=C(N(C)C)c2ccccc2C1(C)CC. The number of rotatable bonds is 3. The van der Waals surface area contributed by atoms with E-state index < -0.39 is 0 Å². The van der Waals surface area contributed by atoms with E-state index >= 15 is 0 Å². The van der Waals surface area contributed by atoms with Crippen molar-refractivity contribution in [2.45, 2.75) is 44.6 Å². The molecule has 0 saturated heterocycles. The molecule has 0 fully saturated rings. The van der Waals surface area contributed by atoms with Crippen molar-refractivity contribution in [1.82, 2.24) is 4.90 Å². The van der Waals surface area contributed by atoms with Gasteiger partial charge in [0, 0.05) is 25.1 Å². The molecular weight excluding hydrogens is 244 g/mol. The van der Waals surface area contributed by atoms with E-state index in [-0.39, 0.29) is 11.0 Å². The normalized spacial score (nSPS) is 28.6. The van der Waals surface area contributed by atoms with Crippen molar-refractivity contribution in [2.75, 3.05) is 14.1 Å². The zero-order chi connectivity index (χ0) is 15.0. The van der Waals surface area contributed by atoms with Crippen molar-refractivity contribution in [3.63, 3.8) is 0 Å². The molecule has 20 heavy (non-hydrogen) atoms. The van der Waals surface area contributed by atoms with Crippen LogP contribution in [0.5, 0.6) is 0 Å². The first kappa shape index (κ1) is 14.8. The summed E-state index contributed by atoms with van der Waals surface area (Å²) in [6.07, 6.45) is 4.07. The summed E-state index contributed by atoms with van der Waals surface area (Å²) in [5.41, 5.74) is 2.42. The zero-order valence-corrected chi connectivity index (χ0v) is 13.4. The second-order valence-corrected chi connectivity index (χ2v) is 6.04.